The summed E-state index contributed by atoms with van der Waals surface area (Å²) in [5, 5.41) is 27.1. The quantitative estimate of drug-likeness (QED) is 0.316. The van der Waals surface area contributed by atoms with Crippen molar-refractivity contribution in [2.45, 2.75) is 71.8 Å². The Kier molecular flexibility index (Phi) is 7.87. The van der Waals surface area contributed by atoms with Crippen molar-refractivity contribution >= 4 is 11.4 Å². The second-order valence-corrected chi connectivity index (χ2v) is 10.3. The number of nitrogens with one attached hydrogen (secondary N) is 1. The predicted octanol–water partition coefficient (Wildman–Crippen LogP) is 3.24. The number of carbonyl (C=O) groups is 1. The molecule has 2 aromatic heterocycles. The Bertz CT molecular complexity index is 1350. The number of aromatic nitrogens is 4. The molecule has 0 saturated carbocycles. The van der Waals surface area contributed by atoms with E-state index in [1.54, 1.807) is 13.2 Å². The summed E-state index contributed by atoms with van der Waals surface area (Å²) in [5.41, 5.74) is 3.69. The number of hydrogen-bond acceptors (Lipinski definition) is 8. The molecule has 37 heavy (non-hydrogen) atoms. The zero-order valence-electron chi connectivity index (χ0n) is 22.4. The number of aliphatic hydroxyl groups excluding tert-OH is 1. The van der Waals surface area contributed by atoms with Crippen LogP contribution in [0, 0.1) is 5.41 Å². The van der Waals surface area contributed by atoms with Crippen LogP contribution in [-0.4, -0.2) is 57.2 Å². The summed E-state index contributed by atoms with van der Waals surface area (Å²) < 4.78 is 20.2. The van der Waals surface area contributed by atoms with E-state index in [-0.39, 0.29) is 30.0 Å². The van der Waals surface area contributed by atoms with Crippen molar-refractivity contribution in [1.29, 1.82) is 5.41 Å². The van der Waals surface area contributed by atoms with Crippen molar-refractivity contribution in [3.8, 4) is 17.4 Å². The van der Waals surface area contributed by atoms with Crippen LogP contribution in [-0.2, 0) is 24.8 Å². The number of methoxy groups -OCH3 is 1. The van der Waals surface area contributed by atoms with Crippen LogP contribution in [0.1, 0.15) is 74.0 Å². The number of aryl methyl sites for hydroxylation is 1. The van der Waals surface area contributed by atoms with Gasteiger partial charge in [0.15, 0.2) is 22.9 Å². The van der Waals surface area contributed by atoms with Crippen LogP contribution in [0.15, 0.2) is 12.1 Å². The lowest BCUT2D eigenvalue weighted by molar-refractivity contribution is 0.0964. The van der Waals surface area contributed by atoms with Crippen LogP contribution >= 0.6 is 0 Å². The summed E-state index contributed by atoms with van der Waals surface area (Å²) in [4.78, 5) is 13.5. The molecule has 2 N–H and O–H groups in total. The molecular formula is C27H37N5O5. The molecule has 200 valence electrons. The van der Waals surface area contributed by atoms with E-state index < -0.39 is 0 Å². The molecule has 10 heteroatoms. The second kappa shape index (κ2) is 10.9. The molecule has 1 aromatic carbocycles. The minimum atomic E-state index is -0.313. The number of ketones is 1. The molecule has 4 rings (SSSR count). The Balaban J connectivity index is 1.74. The van der Waals surface area contributed by atoms with Crippen molar-refractivity contribution in [3.05, 3.63) is 40.0 Å². The maximum Gasteiger partial charge on any atom is 0.242 e. The Morgan fingerprint density at radius 1 is 1.14 bits per heavy atom. The van der Waals surface area contributed by atoms with Crippen LogP contribution in [0.2, 0.25) is 0 Å². The van der Waals surface area contributed by atoms with Crippen molar-refractivity contribution < 1.29 is 24.1 Å². The van der Waals surface area contributed by atoms with E-state index in [0.29, 0.717) is 48.2 Å². The minimum Gasteiger partial charge on any atom is -0.493 e. The van der Waals surface area contributed by atoms with Gasteiger partial charge in [-0.1, -0.05) is 20.8 Å². The molecule has 2 heterocycles. The summed E-state index contributed by atoms with van der Waals surface area (Å²) in [6.45, 7) is 8.71. The Morgan fingerprint density at radius 2 is 1.86 bits per heavy atom. The zero-order valence-corrected chi connectivity index (χ0v) is 22.4. The van der Waals surface area contributed by atoms with E-state index in [1.165, 1.54) is 9.20 Å². The van der Waals surface area contributed by atoms with Gasteiger partial charge in [-0.15, -0.1) is 10.2 Å². The highest BCUT2D eigenvalue weighted by atomic mass is 16.5. The van der Waals surface area contributed by atoms with Gasteiger partial charge in [0.05, 0.1) is 20.3 Å². The number of benzene rings is 1. The van der Waals surface area contributed by atoms with E-state index in [1.807, 2.05) is 33.8 Å². The molecule has 1 aliphatic carbocycles. The number of carbonyl (C=O) groups excluding carboxylic acids is 1. The summed E-state index contributed by atoms with van der Waals surface area (Å²) in [7, 11) is 1.58. The summed E-state index contributed by atoms with van der Waals surface area (Å²) in [6, 6.07) is 3.49. The van der Waals surface area contributed by atoms with Gasteiger partial charge in [0.2, 0.25) is 11.5 Å². The number of fused-ring (bicyclic) bond motifs is 3. The second-order valence-electron chi connectivity index (χ2n) is 10.3. The van der Waals surface area contributed by atoms with E-state index in [4.69, 9.17) is 24.7 Å². The van der Waals surface area contributed by atoms with Gasteiger partial charge in [-0.3, -0.25) is 10.2 Å². The van der Waals surface area contributed by atoms with Crippen molar-refractivity contribution in [1.82, 2.24) is 19.4 Å². The van der Waals surface area contributed by atoms with Crippen molar-refractivity contribution in [2.75, 3.05) is 26.9 Å². The predicted molar refractivity (Wildman–Crippen MR) is 138 cm³/mol. The lowest BCUT2D eigenvalue weighted by atomic mass is 9.84. The fourth-order valence-corrected chi connectivity index (χ4v) is 4.71. The fourth-order valence-electron chi connectivity index (χ4n) is 4.71. The Hall–Kier alpha value is -3.40. The molecule has 0 bridgehead atoms. The summed E-state index contributed by atoms with van der Waals surface area (Å²) in [6.07, 6.45) is 4.28. The molecular weight excluding hydrogens is 474 g/mol. The SMILES string of the molecule is CCOc1nn2c(=N)n(CC(=O)c3cc(OCCCO)c(OC)c(C(C)(C)C)c3)nc2c2c1CCCC2. The largest absolute Gasteiger partial charge is 0.493 e. The first-order valence-corrected chi connectivity index (χ1v) is 12.9. The van der Waals surface area contributed by atoms with Crippen LogP contribution in [0.25, 0.3) is 5.65 Å². The third-order valence-corrected chi connectivity index (χ3v) is 6.57. The third-order valence-electron chi connectivity index (χ3n) is 6.57. The smallest absolute Gasteiger partial charge is 0.242 e. The van der Waals surface area contributed by atoms with E-state index >= 15 is 0 Å². The highest BCUT2D eigenvalue weighted by molar-refractivity contribution is 5.97. The van der Waals surface area contributed by atoms with Gasteiger partial charge < -0.3 is 19.3 Å². The number of Topliss-reactive ketones (excluding diaryl/α,β-unsaturated/α-hetero) is 1. The molecule has 3 aromatic rings. The lowest BCUT2D eigenvalue weighted by Gasteiger charge is -2.25. The maximum atomic E-state index is 13.5. The molecule has 0 radical (unpaired) electrons. The molecule has 0 spiro atoms. The highest BCUT2D eigenvalue weighted by Gasteiger charge is 2.26. The molecule has 1 aliphatic rings. The number of ether oxygens (including phenoxy) is 3. The van der Waals surface area contributed by atoms with Crippen LogP contribution in [0.4, 0.5) is 0 Å². The Morgan fingerprint density at radius 3 is 2.51 bits per heavy atom. The average Bonchev–Trinajstić information content (AvgIpc) is 3.18. The molecule has 10 nitrogen and oxygen atoms in total. The minimum absolute atomic E-state index is 0.00656. The van der Waals surface area contributed by atoms with E-state index in [9.17, 15) is 4.79 Å². The molecule has 0 fully saturated rings. The number of aliphatic hydroxyl groups is 1. The van der Waals surface area contributed by atoms with Gasteiger partial charge in [0, 0.05) is 35.3 Å². The van der Waals surface area contributed by atoms with Crippen LogP contribution in [0.3, 0.4) is 0 Å². The number of hydrogen-bond donors (Lipinski definition) is 2. The van der Waals surface area contributed by atoms with Gasteiger partial charge in [0.25, 0.3) is 0 Å². The topological polar surface area (TPSA) is 124 Å². The molecule has 0 amide bonds. The first kappa shape index (κ1) is 26.7. The van der Waals surface area contributed by atoms with Crippen LogP contribution < -0.4 is 19.8 Å². The highest BCUT2D eigenvalue weighted by Crippen LogP contribution is 2.40. The number of rotatable bonds is 10. The molecule has 0 atom stereocenters. The van der Waals surface area contributed by atoms with Gasteiger partial charge in [-0.25, -0.2) is 4.68 Å². The first-order valence-electron chi connectivity index (χ1n) is 12.9. The molecule has 0 saturated heterocycles. The normalized spacial score (nSPS) is 13.5. The van der Waals surface area contributed by atoms with Crippen molar-refractivity contribution in [2.24, 2.45) is 0 Å². The number of nitrogens with zero attached hydrogens (tertiary/aromatic N) is 4. The average molecular weight is 512 g/mol. The van der Waals surface area contributed by atoms with Gasteiger partial charge >= 0.3 is 0 Å². The third kappa shape index (κ3) is 5.34. The maximum absolute atomic E-state index is 13.5. The zero-order chi connectivity index (χ0) is 26.7. The van der Waals surface area contributed by atoms with Gasteiger partial charge in [0.1, 0.15) is 6.54 Å². The summed E-state index contributed by atoms with van der Waals surface area (Å²) in [5.74, 6) is 1.36. The molecule has 0 aliphatic heterocycles. The van der Waals surface area contributed by atoms with E-state index in [2.05, 4.69) is 10.2 Å². The monoisotopic (exact) mass is 511 g/mol. The van der Waals surface area contributed by atoms with Gasteiger partial charge in [-0.05, 0) is 50.2 Å². The first-order chi connectivity index (χ1) is 17.7. The molecule has 0 unspecified atom stereocenters. The van der Waals surface area contributed by atoms with Crippen LogP contribution in [0.5, 0.6) is 17.4 Å². The standard InChI is InChI=1S/C27H37N5O5/c1-6-36-25-19-11-8-7-10-18(19)24-29-31(26(28)32(24)30-25)16-21(34)17-14-20(27(2,3)4)23(35-5)22(15-17)37-13-9-12-33/h14-15,28,33H,6-13,16H2,1-5H3. The fraction of sp³-hybridized carbons (Fsp3) is 0.556. The van der Waals surface area contributed by atoms with Gasteiger partial charge in [-0.2, -0.15) is 4.52 Å². The van der Waals surface area contributed by atoms with E-state index in [0.717, 1.165) is 42.4 Å². The van der Waals surface area contributed by atoms with Crippen molar-refractivity contribution in [3.63, 3.8) is 0 Å². The Labute approximate surface area is 216 Å². The summed E-state index contributed by atoms with van der Waals surface area (Å²) >= 11 is 0. The lowest BCUT2D eigenvalue weighted by Crippen LogP contribution is -2.27.